The molecule has 0 aromatic heterocycles. The summed E-state index contributed by atoms with van der Waals surface area (Å²) in [5.41, 5.74) is 0. The minimum absolute atomic E-state index is 0.938. The quantitative estimate of drug-likeness (QED) is 0.418. The highest BCUT2D eigenvalue weighted by atomic mass is 35.1. The first-order valence-electron chi connectivity index (χ1n) is 0.977. The molecule has 2 N–H and O–H groups in total. The lowest BCUT2D eigenvalue weighted by atomic mass is 12.0. The first kappa shape index (κ1) is 4.91. The van der Waals surface area contributed by atoms with Gasteiger partial charge in [-0.25, -0.2) is 13.6 Å². The molecule has 0 aliphatic rings. The second-order valence-electron chi connectivity index (χ2n) is 0.830. The fourth-order valence-electron chi connectivity index (χ4n) is 0. The van der Waals surface area contributed by atoms with Crippen LogP contribution in [0.25, 0.3) is 0 Å². The summed E-state index contributed by atoms with van der Waals surface area (Å²) in [4.78, 5) is 0. The minimum atomic E-state index is -3.17. The molecular weight excluding hydrogens is 93.0 g/mol. The van der Waals surface area contributed by atoms with Crippen molar-refractivity contribution in [2.24, 2.45) is 5.14 Å². The Kier molecular flexibility index (Phi) is 0.931. The van der Waals surface area contributed by atoms with Crippen LogP contribution < -0.4 is 5.14 Å². The summed E-state index contributed by atoms with van der Waals surface area (Å²) in [6, 6.07) is 0. The standard InChI is InChI=1S/CH5NO2S/c1-5(2,3)4/h1H3,(H2,2,3,4)/i5+3. The van der Waals surface area contributed by atoms with Crippen molar-refractivity contribution in [1.29, 1.82) is 0 Å². The monoisotopic (exact) mass is 98.0 g/mol. The van der Waals surface area contributed by atoms with E-state index in [2.05, 4.69) is 5.14 Å². The molecule has 0 unspecified atom stereocenters. The van der Waals surface area contributed by atoms with Gasteiger partial charge >= 0.3 is 0 Å². The zero-order valence-electron chi connectivity index (χ0n) is 2.80. The van der Waals surface area contributed by atoms with Crippen molar-refractivity contribution in [3.63, 3.8) is 0 Å². The maximum absolute atomic E-state index is 9.41. The number of hydrogen-bond donors (Lipinski definition) is 1. The van der Waals surface area contributed by atoms with Crippen LogP contribution in [0.5, 0.6) is 0 Å². The van der Waals surface area contributed by atoms with Gasteiger partial charge in [-0.1, -0.05) is 0 Å². The lowest BCUT2D eigenvalue weighted by molar-refractivity contribution is 0.603. The van der Waals surface area contributed by atoms with E-state index in [4.69, 9.17) is 0 Å². The smallest absolute Gasteiger partial charge is 0.206 e. The molecule has 32 valence electrons. The summed E-state index contributed by atoms with van der Waals surface area (Å²) in [5, 5.41) is 4.33. The number of sulfonamides is 1. The molecule has 3 nitrogen and oxygen atoms in total. The van der Waals surface area contributed by atoms with Gasteiger partial charge in [-0.15, -0.1) is 0 Å². The molecule has 4 heteroatoms. The largest absolute Gasteiger partial charge is 0.229 e. The van der Waals surface area contributed by atoms with Crippen LogP contribution in [0.2, 0.25) is 0 Å². The van der Waals surface area contributed by atoms with Crippen molar-refractivity contribution < 1.29 is 8.42 Å². The van der Waals surface area contributed by atoms with Gasteiger partial charge in [0.25, 0.3) is 0 Å². The van der Waals surface area contributed by atoms with Gasteiger partial charge in [0.05, 0.1) is 6.26 Å². The van der Waals surface area contributed by atoms with Crippen LogP contribution in [0.3, 0.4) is 0 Å². The van der Waals surface area contributed by atoms with Crippen LogP contribution in [0.1, 0.15) is 0 Å². The summed E-state index contributed by atoms with van der Waals surface area (Å²) < 4.78 is 18.8. The molecule has 5 heavy (non-hydrogen) atoms. The van der Waals surface area contributed by atoms with Crippen molar-refractivity contribution >= 4 is 10.0 Å². The van der Waals surface area contributed by atoms with Gasteiger partial charge < -0.3 is 0 Å². The summed E-state index contributed by atoms with van der Waals surface area (Å²) in [5.74, 6) is 0. The van der Waals surface area contributed by atoms with Gasteiger partial charge in [-0.2, -0.15) is 0 Å². The Morgan fingerprint density at radius 1 is 1.60 bits per heavy atom. The van der Waals surface area contributed by atoms with Crippen LogP contribution in [-0.2, 0) is 10.0 Å². The first-order chi connectivity index (χ1) is 2.00. The minimum Gasteiger partial charge on any atom is -0.229 e. The number of hydrogen-bond acceptors (Lipinski definition) is 2. The van der Waals surface area contributed by atoms with E-state index in [0.717, 1.165) is 6.26 Å². The first-order valence-corrected chi connectivity index (χ1v) is 2.93. The van der Waals surface area contributed by atoms with E-state index in [9.17, 15) is 8.42 Å². The van der Waals surface area contributed by atoms with E-state index < -0.39 is 10.0 Å². The Morgan fingerprint density at radius 2 is 1.60 bits per heavy atom. The van der Waals surface area contributed by atoms with Gasteiger partial charge in [0.1, 0.15) is 0 Å². The SMILES string of the molecule is C[35S](N)(=O)=O. The highest BCUT2D eigenvalue weighted by molar-refractivity contribution is 7.88. The maximum atomic E-state index is 9.41. The summed E-state index contributed by atoms with van der Waals surface area (Å²) in [7, 11) is -3.17. The predicted molar refractivity (Wildman–Crippen MR) is 19.0 cm³/mol. The van der Waals surface area contributed by atoms with Gasteiger partial charge in [-0.05, 0) is 0 Å². The molecule has 0 aromatic carbocycles. The molecule has 0 atom stereocenters. The normalized spacial score (nSPS) is 11.6. The van der Waals surface area contributed by atoms with Gasteiger partial charge in [0, 0.05) is 0 Å². The molecule has 0 saturated carbocycles. The van der Waals surface area contributed by atoms with Gasteiger partial charge in [0.15, 0.2) is 0 Å². The highest BCUT2D eigenvalue weighted by Crippen LogP contribution is 1.52. The fraction of sp³-hybridized carbons (Fsp3) is 1.00. The van der Waals surface area contributed by atoms with Crippen molar-refractivity contribution in [1.82, 2.24) is 0 Å². The summed E-state index contributed by atoms with van der Waals surface area (Å²) in [6.45, 7) is 0. The van der Waals surface area contributed by atoms with E-state index in [0.29, 0.717) is 0 Å². The number of nitrogens with two attached hydrogens (primary N) is 1. The Hall–Kier alpha value is -0.0900. The molecule has 0 fully saturated rings. The third-order valence-electron chi connectivity index (χ3n) is 0. The van der Waals surface area contributed by atoms with Gasteiger partial charge in [-0.3, -0.25) is 0 Å². The molecule has 0 aromatic rings. The zero-order chi connectivity index (χ0) is 4.50. The van der Waals surface area contributed by atoms with Crippen molar-refractivity contribution in [2.75, 3.05) is 6.26 Å². The van der Waals surface area contributed by atoms with Gasteiger partial charge in [0.2, 0.25) is 10.0 Å². The molecule has 0 spiro atoms. The van der Waals surface area contributed by atoms with Crippen LogP contribution in [0.15, 0.2) is 0 Å². The average molecular weight is 98.0 g/mol. The van der Waals surface area contributed by atoms with E-state index >= 15 is 0 Å². The molecule has 0 aliphatic heterocycles. The molecule has 0 aliphatic carbocycles. The van der Waals surface area contributed by atoms with Crippen LogP contribution >= 0.6 is 0 Å². The summed E-state index contributed by atoms with van der Waals surface area (Å²) >= 11 is 0. The Labute approximate surface area is 30.8 Å². The van der Waals surface area contributed by atoms with Crippen molar-refractivity contribution in [3.8, 4) is 0 Å². The second kappa shape index (κ2) is 0.948. The molecule has 0 amide bonds. The third-order valence-corrected chi connectivity index (χ3v) is 0. The van der Waals surface area contributed by atoms with Crippen LogP contribution in [0.4, 0.5) is 0 Å². The molecule has 0 heterocycles. The van der Waals surface area contributed by atoms with Crippen molar-refractivity contribution in [2.45, 2.75) is 0 Å². The molecule has 0 rings (SSSR count). The second-order valence-corrected chi connectivity index (χ2v) is 2.49. The molecule has 0 bridgehead atoms. The van der Waals surface area contributed by atoms with Crippen LogP contribution in [0, 0.1) is 0 Å². The lowest BCUT2D eigenvalue weighted by Crippen LogP contribution is -2.07. The Balaban J connectivity index is 4.06. The predicted octanol–water partition coefficient (Wildman–Crippen LogP) is -1.10. The average Bonchev–Trinajstić information content (AvgIpc) is 0.722. The topological polar surface area (TPSA) is 60.2 Å². The zero-order valence-corrected chi connectivity index (χ0v) is 3.62. The Bertz CT molecular complexity index is 92.8. The lowest BCUT2D eigenvalue weighted by Gasteiger charge is -1.71. The third kappa shape index (κ3) is 1760. The number of rotatable bonds is 0. The maximum Gasteiger partial charge on any atom is 0.206 e. The van der Waals surface area contributed by atoms with E-state index in [1.165, 1.54) is 0 Å². The van der Waals surface area contributed by atoms with E-state index in [1.807, 2.05) is 0 Å². The Morgan fingerprint density at radius 3 is 1.60 bits per heavy atom. The van der Waals surface area contributed by atoms with Crippen LogP contribution in [-0.4, -0.2) is 14.7 Å². The van der Waals surface area contributed by atoms with Crippen molar-refractivity contribution in [3.05, 3.63) is 0 Å². The highest BCUT2D eigenvalue weighted by Gasteiger charge is 1.78. The molecule has 0 saturated heterocycles. The van der Waals surface area contributed by atoms with E-state index in [-0.39, 0.29) is 0 Å². The molecule has 0 radical (unpaired) electrons. The van der Waals surface area contributed by atoms with E-state index in [1.54, 1.807) is 0 Å². The number of primary sulfonamides is 1. The summed E-state index contributed by atoms with van der Waals surface area (Å²) in [6.07, 6.45) is 0.938. The fourth-order valence-corrected chi connectivity index (χ4v) is 0. The molecular formula is CH5NO2S.